The number of alkyl halides is 1. The van der Waals surface area contributed by atoms with Crippen LogP contribution in [0, 0.1) is 12.3 Å². The van der Waals surface area contributed by atoms with Gasteiger partial charge in [-0.15, -0.1) is 6.42 Å². The fourth-order valence-electron chi connectivity index (χ4n) is 2.13. The van der Waals surface area contributed by atoms with Crippen molar-refractivity contribution < 1.29 is 8.87 Å². The quantitative estimate of drug-likeness (QED) is 0.342. The average Bonchev–Trinajstić information content (AvgIpc) is 2.93. The van der Waals surface area contributed by atoms with Crippen LogP contribution >= 0.6 is 0 Å². The lowest BCUT2D eigenvalue weighted by atomic mass is 10.2. The van der Waals surface area contributed by atoms with Crippen molar-refractivity contribution in [1.29, 1.82) is 0 Å². The molecular weight excluding hydrogens is 153 g/mol. The van der Waals surface area contributed by atoms with Crippen LogP contribution in [0.25, 0.3) is 0 Å². The van der Waals surface area contributed by atoms with Crippen LogP contribution in [0.3, 0.4) is 0 Å². The van der Waals surface area contributed by atoms with Crippen LogP contribution in [0.2, 0.25) is 0 Å². The summed E-state index contributed by atoms with van der Waals surface area (Å²) in [6.07, 6.45) is 9.81. The summed E-state index contributed by atoms with van der Waals surface area (Å²) in [7, 11) is 1.98. The molecule has 66 valence electrons. The monoisotopic (exact) mass is 168 g/mol. The normalized spacial score (nSPS) is 30.4. The van der Waals surface area contributed by atoms with Gasteiger partial charge in [0, 0.05) is 25.7 Å². The molecule has 1 unspecified atom stereocenters. The molecule has 12 heavy (non-hydrogen) atoms. The van der Waals surface area contributed by atoms with Crippen molar-refractivity contribution in [1.82, 2.24) is 0 Å². The minimum absolute atomic E-state index is 0.129. The van der Waals surface area contributed by atoms with Crippen molar-refractivity contribution in [3.63, 3.8) is 0 Å². The molecule has 0 aromatic carbocycles. The van der Waals surface area contributed by atoms with Gasteiger partial charge in [-0.2, -0.15) is 4.39 Å². The molecule has 0 bridgehead atoms. The van der Waals surface area contributed by atoms with E-state index in [0.29, 0.717) is 10.5 Å². The van der Waals surface area contributed by atoms with Crippen LogP contribution in [0.4, 0.5) is 4.39 Å². The van der Waals surface area contributed by atoms with E-state index < -0.39 is 0 Å². The molecule has 2 rings (SSSR count). The second kappa shape index (κ2) is 2.23. The SMILES string of the molecule is C#CC1([N+](C)(CF)C2CC2)CC1. The van der Waals surface area contributed by atoms with Crippen molar-refractivity contribution in [2.45, 2.75) is 37.3 Å². The van der Waals surface area contributed by atoms with Gasteiger partial charge in [-0.25, -0.2) is 0 Å². The van der Waals surface area contributed by atoms with Gasteiger partial charge in [0.1, 0.15) is 0 Å². The second-order valence-corrected chi connectivity index (χ2v) is 4.29. The molecule has 0 radical (unpaired) electrons. The van der Waals surface area contributed by atoms with E-state index in [1.165, 1.54) is 0 Å². The van der Waals surface area contributed by atoms with Crippen molar-refractivity contribution in [2.75, 3.05) is 13.8 Å². The fraction of sp³-hybridized carbons (Fsp3) is 0.800. The second-order valence-electron chi connectivity index (χ2n) is 4.29. The maximum absolute atomic E-state index is 12.9. The van der Waals surface area contributed by atoms with Gasteiger partial charge in [0.2, 0.25) is 6.80 Å². The van der Waals surface area contributed by atoms with Gasteiger partial charge >= 0.3 is 0 Å². The van der Waals surface area contributed by atoms with Crippen LogP contribution in [0.15, 0.2) is 0 Å². The summed E-state index contributed by atoms with van der Waals surface area (Å²) in [5, 5.41) is 0. The Kier molecular flexibility index (Phi) is 1.50. The number of halogens is 1. The first-order valence-electron chi connectivity index (χ1n) is 4.57. The molecule has 0 aromatic rings. The number of rotatable bonds is 3. The molecule has 2 aliphatic rings. The molecule has 0 heterocycles. The van der Waals surface area contributed by atoms with E-state index >= 15 is 0 Å². The zero-order valence-electron chi connectivity index (χ0n) is 7.52. The van der Waals surface area contributed by atoms with Gasteiger partial charge in [0.05, 0.1) is 13.1 Å². The topological polar surface area (TPSA) is 0 Å². The van der Waals surface area contributed by atoms with Crippen LogP contribution in [-0.4, -0.2) is 29.9 Å². The zero-order valence-corrected chi connectivity index (χ0v) is 7.52. The minimum atomic E-state index is -0.297. The lowest BCUT2D eigenvalue weighted by Gasteiger charge is -2.37. The molecule has 0 amide bonds. The lowest BCUT2D eigenvalue weighted by Crippen LogP contribution is -2.54. The molecule has 2 heteroatoms. The number of hydrogen-bond donors (Lipinski definition) is 0. The first-order valence-corrected chi connectivity index (χ1v) is 4.57. The molecule has 2 saturated carbocycles. The van der Waals surface area contributed by atoms with E-state index in [9.17, 15) is 4.39 Å². The van der Waals surface area contributed by atoms with Crippen molar-refractivity contribution in [2.24, 2.45) is 0 Å². The van der Waals surface area contributed by atoms with E-state index in [-0.39, 0.29) is 12.3 Å². The Morgan fingerprint density at radius 2 is 2.17 bits per heavy atom. The van der Waals surface area contributed by atoms with Gasteiger partial charge < -0.3 is 0 Å². The maximum Gasteiger partial charge on any atom is 0.223 e. The van der Waals surface area contributed by atoms with E-state index in [4.69, 9.17) is 6.42 Å². The smallest absolute Gasteiger partial charge is 0.223 e. The standard InChI is InChI=1S/C10H15FN/c1-3-10(6-7-10)12(2,8-11)9-4-5-9/h1,9H,4-8H2,2H3/q+1. The summed E-state index contributed by atoms with van der Waals surface area (Å²) in [4.78, 5) is 0. The Hall–Kier alpha value is -0.550. The average molecular weight is 168 g/mol. The summed E-state index contributed by atoms with van der Waals surface area (Å²) in [6, 6.07) is 0.508. The predicted molar refractivity (Wildman–Crippen MR) is 46.0 cm³/mol. The van der Waals surface area contributed by atoms with Crippen LogP contribution in [-0.2, 0) is 0 Å². The number of terminal acetylenes is 1. The van der Waals surface area contributed by atoms with Crippen LogP contribution in [0.1, 0.15) is 25.7 Å². The molecule has 2 aliphatic carbocycles. The number of nitrogens with zero attached hydrogens (tertiary/aromatic N) is 1. The van der Waals surface area contributed by atoms with E-state index in [2.05, 4.69) is 5.92 Å². The molecular formula is C10H15FN+. The Morgan fingerprint density at radius 3 is 2.42 bits per heavy atom. The zero-order chi connectivity index (χ0) is 8.82. The molecule has 1 nitrogen and oxygen atoms in total. The Morgan fingerprint density at radius 1 is 1.58 bits per heavy atom. The van der Waals surface area contributed by atoms with Crippen LogP contribution < -0.4 is 0 Å². The number of quaternary nitrogens is 1. The minimum Gasteiger partial charge on any atom is -0.282 e. The third-order valence-electron chi connectivity index (χ3n) is 3.57. The lowest BCUT2D eigenvalue weighted by molar-refractivity contribution is -0.957. The Labute approximate surface area is 73.1 Å². The first kappa shape index (κ1) is 8.07. The highest BCUT2D eigenvalue weighted by Gasteiger charge is 2.62. The Balaban J connectivity index is 2.22. The summed E-state index contributed by atoms with van der Waals surface area (Å²) >= 11 is 0. The number of hydrogen-bond acceptors (Lipinski definition) is 0. The third-order valence-corrected chi connectivity index (χ3v) is 3.57. The van der Waals surface area contributed by atoms with Gasteiger partial charge in [0.15, 0.2) is 5.54 Å². The third kappa shape index (κ3) is 0.834. The summed E-state index contributed by atoms with van der Waals surface area (Å²) < 4.78 is 13.4. The van der Waals surface area contributed by atoms with Crippen molar-refractivity contribution >= 4 is 0 Å². The predicted octanol–water partition coefficient (Wildman–Crippen LogP) is 1.69. The molecule has 0 spiro atoms. The van der Waals surface area contributed by atoms with Crippen molar-refractivity contribution in [3.8, 4) is 12.3 Å². The molecule has 1 atom stereocenters. The largest absolute Gasteiger partial charge is 0.282 e. The van der Waals surface area contributed by atoms with E-state index in [0.717, 1.165) is 25.7 Å². The maximum atomic E-state index is 12.9. The van der Waals surface area contributed by atoms with Gasteiger partial charge in [0.25, 0.3) is 0 Å². The van der Waals surface area contributed by atoms with Crippen molar-refractivity contribution in [3.05, 3.63) is 0 Å². The Bertz CT molecular complexity index is 235. The van der Waals surface area contributed by atoms with E-state index in [1.54, 1.807) is 0 Å². The summed E-state index contributed by atoms with van der Waals surface area (Å²) in [5.74, 6) is 2.80. The van der Waals surface area contributed by atoms with Gasteiger partial charge in [-0.05, 0) is 5.92 Å². The van der Waals surface area contributed by atoms with Gasteiger partial charge in [-0.1, -0.05) is 0 Å². The molecule has 0 aliphatic heterocycles. The summed E-state index contributed by atoms with van der Waals surface area (Å²) in [6.45, 7) is -0.297. The highest BCUT2D eigenvalue weighted by Crippen LogP contribution is 2.51. The molecule has 2 fully saturated rings. The fourth-order valence-corrected chi connectivity index (χ4v) is 2.13. The van der Waals surface area contributed by atoms with Crippen LogP contribution in [0.5, 0.6) is 0 Å². The first-order chi connectivity index (χ1) is 5.68. The van der Waals surface area contributed by atoms with E-state index in [1.807, 2.05) is 7.05 Å². The molecule has 0 N–H and O–H groups in total. The summed E-state index contributed by atoms with van der Waals surface area (Å²) in [5.41, 5.74) is -0.129. The molecule has 0 saturated heterocycles. The molecule has 0 aromatic heterocycles. The highest BCUT2D eigenvalue weighted by molar-refractivity contribution is 5.19. The highest BCUT2D eigenvalue weighted by atomic mass is 19.1. The van der Waals surface area contributed by atoms with Gasteiger partial charge in [-0.3, -0.25) is 4.48 Å².